The second kappa shape index (κ2) is 6.88. The highest BCUT2D eigenvalue weighted by atomic mass is 79.9. The number of likely N-dealkylation sites (tertiary alicyclic amines) is 1. The van der Waals surface area contributed by atoms with E-state index in [0.717, 1.165) is 19.0 Å². The third-order valence-electron chi connectivity index (χ3n) is 3.52. The van der Waals surface area contributed by atoms with Gasteiger partial charge in [0.1, 0.15) is 0 Å². The zero-order valence-electron chi connectivity index (χ0n) is 10.4. The molecule has 0 saturated carbocycles. The fourth-order valence-corrected chi connectivity index (χ4v) is 3.54. The van der Waals surface area contributed by atoms with Gasteiger partial charge in [0.25, 0.3) is 0 Å². The van der Waals surface area contributed by atoms with Gasteiger partial charge in [-0.05, 0) is 84.8 Å². The van der Waals surface area contributed by atoms with Crippen LogP contribution in [0.1, 0.15) is 24.8 Å². The van der Waals surface area contributed by atoms with Crippen LogP contribution < -0.4 is 5.32 Å². The summed E-state index contributed by atoms with van der Waals surface area (Å²) in [7, 11) is 2.23. The van der Waals surface area contributed by atoms with Gasteiger partial charge in [0, 0.05) is 6.54 Å². The molecule has 0 amide bonds. The van der Waals surface area contributed by atoms with Crippen molar-refractivity contribution in [2.75, 3.05) is 26.7 Å². The van der Waals surface area contributed by atoms with Crippen molar-refractivity contribution < 1.29 is 0 Å². The van der Waals surface area contributed by atoms with Crippen molar-refractivity contribution in [3.63, 3.8) is 0 Å². The Bertz CT molecular complexity index is 332. The molecule has 2 heterocycles. The SMILES string of the molecule is CN1CCC(CCNCc2csc(Br)c2)CC1. The van der Waals surface area contributed by atoms with Gasteiger partial charge in [-0.1, -0.05) is 0 Å². The first kappa shape index (κ1) is 13.5. The lowest BCUT2D eigenvalue weighted by molar-refractivity contribution is 0.211. The minimum Gasteiger partial charge on any atom is -0.313 e. The van der Waals surface area contributed by atoms with Crippen LogP contribution in [0.25, 0.3) is 0 Å². The van der Waals surface area contributed by atoms with Crippen LogP contribution in [0.15, 0.2) is 15.2 Å². The summed E-state index contributed by atoms with van der Waals surface area (Å²) < 4.78 is 1.23. The molecule has 0 spiro atoms. The molecule has 1 aromatic heterocycles. The number of hydrogen-bond acceptors (Lipinski definition) is 3. The van der Waals surface area contributed by atoms with E-state index in [-0.39, 0.29) is 0 Å². The van der Waals surface area contributed by atoms with Crippen LogP contribution in [0.4, 0.5) is 0 Å². The second-order valence-corrected chi connectivity index (χ2v) is 7.26. The number of halogens is 1. The lowest BCUT2D eigenvalue weighted by Gasteiger charge is -2.28. The molecule has 0 bridgehead atoms. The van der Waals surface area contributed by atoms with Crippen molar-refractivity contribution in [1.82, 2.24) is 10.2 Å². The third kappa shape index (κ3) is 4.70. The summed E-state index contributed by atoms with van der Waals surface area (Å²) in [5.74, 6) is 0.938. The van der Waals surface area contributed by atoms with Crippen LogP contribution in [0.3, 0.4) is 0 Å². The molecule has 1 saturated heterocycles. The van der Waals surface area contributed by atoms with Gasteiger partial charge in [-0.15, -0.1) is 11.3 Å². The number of thiophene rings is 1. The molecular formula is C13H21BrN2S. The molecule has 0 aliphatic carbocycles. The molecule has 0 atom stereocenters. The summed E-state index contributed by atoms with van der Waals surface area (Å²) >= 11 is 5.26. The molecule has 1 aliphatic rings. The van der Waals surface area contributed by atoms with E-state index in [1.54, 1.807) is 11.3 Å². The summed E-state index contributed by atoms with van der Waals surface area (Å²) in [5, 5.41) is 5.76. The topological polar surface area (TPSA) is 15.3 Å². The molecule has 17 heavy (non-hydrogen) atoms. The summed E-state index contributed by atoms with van der Waals surface area (Å²) in [6.45, 7) is 4.72. The van der Waals surface area contributed by atoms with E-state index in [9.17, 15) is 0 Å². The molecule has 1 aliphatic heterocycles. The predicted octanol–water partition coefficient (Wildman–Crippen LogP) is 3.33. The first-order chi connectivity index (χ1) is 8.24. The van der Waals surface area contributed by atoms with E-state index in [0.29, 0.717) is 0 Å². The fourth-order valence-electron chi connectivity index (χ4n) is 2.33. The van der Waals surface area contributed by atoms with Crippen molar-refractivity contribution >= 4 is 27.3 Å². The van der Waals surface area contributed by atoms with Crippen LogP contribution >= 0.6 is 27.3 Å². The van der Waals surface area contributed by atoms with E-state index in [1.165, 1.54) is 41.7 Å². The lowest BCUT2D eigenvalue weighted by atomic mass is 9.94. The molecule has 1 N–H and O–H groups in total. The quantitative estimate of drug-likeness (QED) is 0.838. The Morgan fingerprint density at radius 2 is 2.24 bits per heavy atom. The van der Waals surface area contributed by atoms with Gasteiger partial charge in [-0.25, -0.2) is 0 Å². The zero-order valence-corrected chi connectivity index (χ0v) is 12.8. The van der Waals surface area contributed by atoms with Gasteiger partial charge in [0.15, 0.2) is 0 Å². The maximum Gasteiger partial charge on any atom is 0.0701 e. The minimum atomic E-state index is 0.938. The summed E-state index contributed by atoms with van der Waals surface area (Å²) in [6, 6.07) is 2.20. The van der Waals surface area contributed by atoms with E-state index in [4.69, 9.17) is 0 Å². The normalized spacial score (nSPS) is 18.7. The Hall–Kier alpha value is 0.100. The monoisotopic (exact) mass is 316 g/mol. The van der Waals surface area contributed by atoms with Crippen molar-refractivity contribution in [3.8, 4) is 0 Å². The molecule has 1 aromatic rings. The van der Waals surface area contributed by atoms with Crippen LogP contribution in [-0.2, 0) is 6.54 Å². The van der Waals surface area contributed by atoms with Crippen molar-refractivity contribution in [2.45, 2.75) is 25.8 Å². The minimum absolute atomic E-state index is 0.938. The van der Waals surface area contributed by atoms with Crippen LogP contribution in [0.2, 0.25) is 0 Å². The Labute approximate surface area is 117 Å². The molecule has 0 radical (unpaired) electrons. The molecule has 2 nitrogen and oxygen atoms in total. The number of hydrogen-bond donors (Lipinski definition) is 1. The number of piperidine rings is 1. The average molecular weight is 317 g/mol. The largest absolute Gasteiger partial charge is 0.313 e. The Kier molecular flexibility index (Phi) is 5.48. The average Bonchev–Trinajstić information content (AvgIpc) is 2.73. The lowest BCUT2D eigenvalue weighted by Crippen LogP contribution is -2.31. The van der Waals surface area contributed by atoms with Crippen LogP contribution in [0.5, 0.6) is 0 Å². The van der Waals surface area contributed by atoms with Gasteiger partial charge in [0.2, 0.25) is 0 Å². The van der Waals surface area contributed by atoms with E-state index >= 15 is 0 Å². The maximum absolute atomic E-state index is 3.55. The third-order valence-corrected chi connectivity index (χ3v) is 5.07. The predicted molar refractivity (Wildman–Crippen MR) is 78.6 cm³/mol. The highest BCUT2D eigenvalue weighted by Crippen LogP contribution is 2.21. The van der Waals surface area contributed by atoms with Crippen molar-refractivity contribution in [1.29, 1.82) is 0 Å². The standard InChI is InChI=1S/C13H21BrN2S/c1-16-6-3-11(4-7-16)2-5-15-9-12-8-13(14)17-10-12/h8,10-11,15H,2-7,9H2,1H3. The number of rotatable bonds is 5. The molecule has 0 aromatic carbocycles. The van der Waals surface area contributed by atoms with Crippen molar-refractivity contribution in [3.05, 3.63) is 20.8 Å². The Morgan fingerprint density at radius 1 is 1.47 bits per heavy atom. The number of nitrogens with one attached hydrogen (secondary N) is 1. The zero-order chi connectivity index (χ0) is 12.1. The van der Waals surface area contributed by atoms with Gasteiger partial charge in [-0.3, -0.25) is 0 Å². The molecule has 96 valence electrons. The number of nitrogens with zero attached hydrogens (tertiary/aromatic N) is 1. The smallest absolute Gasteiger partial charge is 0.0701 e. The van der Waals surface area contributed by atoms with E-state index in [2.05, 4.69) is 44.6 Å². The molecule has 1 fully saturated rings. The highest BCUT2D eigenvalue weighted by Gasteiger charge is 2.15. The molecular weight excluding hydrogens is 296 g/mol. The Morgan fingerprint density at radius 3 is 2.88 bits per heavy atom. The Balaban J connectivity index is 1.57. The summed E-state index contributed by atoms with van der Waals surface area (Å²) in [4.78, 5) is 2.44. The fraction of sp³-hybridized carbons (Fsp3) is 0.692. The van der Waals surface area contributed by atoms with Gasteiger partial charge < -0.3 is 10.2 Å². The molecule has 4 heteroatoms. The summed E-state index contributed by atoms with van der Waals surface area (Å²) in [6.07, 6.45) is 4.09. The van der Waals surface area contributed by atoms with E-state index in [1.807, 2.05) is 0 Å². The molecule has 2 rings (SSSR count). The van der Waals surface area contributed by atoms with Gasteiger partial charge in [-0.2, -0.15) is 0 Å². The second-order valence-electron chi connectivity index (χ2n) is 4.97. The first-order valence-corrected chi connectivity index (χ1v) is 8.03. The van der Waals surface area contributed by atoms with Crippen LogP contribution in [-0.4, -0.2) is 31.6 Å². The first-order valence-electron chi connectivity index (χ1n) is 6.36. The highest BCUT2D eigenvalue weighted by molar-refractivity contribution is 9.11. The molecule has 0 unspecified atom stereocenters. The van der Waals surface area contributed by atoms with E-state index < -0.39 is 0 Å². The van der Waals surface area contributed by atoms with Gasteiger partial charge >= 0.3 is 0 Å². The van der Waals surface area contributed by atoms with Crippen molar-refractivity contribution in [2.24, 2.45) is 5.92 Å². The van der Waals surface area contributed by atoms with Crippen LogP contribution in [0, 0.1) is 5.92 Å². The summed E-state index contributed by atoms with van der Waals surface area (Å²) in [5.41, 5.74) is 1.39. The van der Waals surface area contributed by atoms with Gasteiger partial charge in [0.05, 0.1) is 3.79 Å². The maximum atomic E-state index is 3.55.